The van der Waals surface area contributed by atoms with Crippen LogP contribution in [-0.4, -0.2) is 107 Å². The molecule has 4 N–H and O–H groups in total. The molecule has 5 heterocycles. The fraction of sp³-hybridized carbons (Fsp3) is 0.778. The van der Waals surface area contributed by atoms with Crippen molar-refractivity contribution in [2.24, 2.45) is 23.7 Å². The number of carbonyl (C=O) groups is 4. The minimum Gasteiger partial charge on any atom is -0.481 e. The van der Waals surface area contributed by atoms with Gasteiger partial charge in [0.2, 0.25) is 0 Å². The zero-order valence-corrected chi connectivity index (χ0v) is 20.9. The molecule has 13 nitrogen and oxygen atoms in total. The van der Waals surface area contributed by atoms with E-state index in [2.05, 4.69) is 4.74 Å². The molecule has 5 rings (SSSR count). The van der Waals surface area contributed by atoms with Crippen molar-refractivity contribution in [3.63, 3.8) is 0 Å². The minimum atomic E-state index is -1.70. The molecule has 0 aromatic heterocycles. The van der Waals surface area contributed by atoms with E-state index >= 15 is 0 Å². The summed E-state index contributed by atoms with van der Waals surface area (Å²) in [6.07, 6.45) is -8.53. The Morgan fingerprint density at radius 3 is 1.84 bits per heavy atom. The number of esters is 2. The van der Waals surface area contributed by atoms with Gasteiger partial charge >= 0.3 is 23.9 Å². The van der Waals surface area contributed by atoms with Crippen LogP contribution in [0.4, 0.5) is 0 Å². The fourth-order valence-corrected chi connectivity index (χ4v) is 5.13. The van der Waals surface area contributed by atoms with Crippen molar-refractivity contribution in [2.75, 3.05) is 14.1 Å². The molecule has 0 aromatic carbocycles. The van der Waals surface area contributed by atoms with E-state index in [9.17, 15) is 29.4 Å². The molecule has 0 aromatic rings. The molecular formula is C18H22AcO13. The minimum absolute atomic E-state index is 0. The van der Waals surface area contributed by atoms with E-state index in [-0.39, 0.29) is 44.1 Å². The molecular weight excluding hydrogens is 651 g/mol. The summed E-state index contributed by atoms with van der Waals surface area (Å²) in [5.41, 5.74) is 0. The van der Waals surface area contributed by atoms with Crippen LogP contribution >= 0.6 is 0 Å². The number of carboxylic acid groups (broad SMARTS) is 2. The van der Waals surface area contributed by atoms with Crippen LogP contribution in [0.25, 0.3) is 0 Å². The van der Waals surface area contributed by atoms with Gasteiger partial charge in [0.1, 0.15) is 72.5 Å². The van der Waals surface area contributed by atoms with Crippen LogP contribution in [0.3, 0.4) is 0 Å². The molecule has 175 valence electrons. The first-order valence-electron chi connectivity index (χ1n) is 11.5. The summed E-state index contributed by atoms with van der Waals surface area (Å²) in [7, 11) is -3.28. The molecule has 1 radical (unpaired) electrons. The maximum atomic E-state index is 11.4. The number of carboxylic acids is 2. The summed E-state index contributed by atoms with van der Waals surface area (Å²) in [6.45, 7) is 0. The maximum absolute atomic E-state index is 11.4. The Hall–Kier alpha value is -0.718. The zero-order valence-electron chi connectivity index (χ0n) is 20.1. The fourth-order valence-electron chi connectivity index (χ4n) is 5.13. The molecule has 0 spiro atoms. The molecule has 5 aliphatic rings. The van der Waals surface area contributed by atoms with Crippen LogP contribution < -0.4 is 0 Å². The largest absolute Gasteiger partial charge is 0.481 e. The van der Waals surface area contributed by atoms with Gasteiger partial charge in [0.05, 0.1) is 5.48 Å². The zero-order chi connectivity index (χ0) is 25.9. The first-order chi connectivity index (χ1) is 16.3. The van der Waals surface area contributed by atoms with Crippen LogP contribution in [0.5, 0.6) is 0 Å². The Bertz CT molecular complexity index is 908. The number of hydrogen-bond donors (Lipinski definition) is 4. The second-order valence-electron chi connectivity index (χ2n) is 7.83. The average Bonchev–Trinajstić information content (AvgIpc) is 3.51. The standard InChI is InChI=1S/C9H12O7.C9H10O6.Ac/c1-15-7-4(10)5-2(8(11)12)3(9(13)14)6(7)16-5;1-13-7-4(10)5-2-3(6(7)14-5)9(12)15-8(2)11;/h2-7,10H,1H3,(H,11,12)(H,13,14);2-7,10H,1H3;/t2*2?,3?,4?,5?,6-,7-;/m00./s1/i2*1TD;/t2*1?,2?,3?,4?,5?,6-,7-;. The summed E-state index contributed by atoms with van der Waals surface area (Å²) >= 11 is 0. The van der Waals surface area contributed by atoms with E-state index in [0.29, 0.717) is 0 Å². The van der Waals surface area contributed by atoms with Gasteiger partial charge in [-0.05, 0) is 0 Å². The molecule has 0 saturated carbocycles. The van der Waals surface area contributed by atoms with E-state index < -0.39 is 111 Å². The number of fused-ring (bicyclic) bond motifs is 7. The Balaban J connectivity index is 0.000000195. The Labute approximate surface area is 222 Å². The number of cyclic esters (lactones) is 2. The number of aliphatic hydroxyl groups excluding tert-OH is 2. The van der Waals surface area contributed by atoms with Gasteiger partial charge in [0.15, 0.2) is 0 Å². The topological polar surface area (TPSA) is 195 Å². The molecule has 14 heteroatoms. The molecule has 5 aliphatic heterocycles. The van der Waals surface area contributed by atoms with Crippen molar-refractivity contribution in [1.82, 2.24) is 0 Å². The number of ether oxygens (including phenoxy) is 5. The van der Waals surface area contributed by atoms with Gasteiger partial charge in [-0.15, -0.1) is 0 Å². The average molecular weight is 679 g/mol. The molecule has 5 fully saturated rings. The third-order valence-corrected chi connectivity index (χ3v) is 6.44. The van der Waals surface area contributed by atoms with Crippen LogP contribution in [0.1, 0.15) is 5.48 Å². The molecule has 14 atom stereocenters. The molecule has 4 bridgehead atoms. The second kappa shape index (κ2) is 9.50. The summed E-state index contributed by atoms with van der Waals surface area (Å²) in [6, 6.07) is 0. The predicted octanol–water partition coefficient (Wildman–Crippen LogP) is -3.00. The summed E-state index contributed by atoms with van der Waals surface area (Å²) in [4.78, 5) is 44.9. The van der Waals surface area contributed by atoms with Crippen molar-refractivity contribution in [3.05, 3.63) is 0 Å². The summed E-state index contributed by atoms with van der Waals surface area (Å²) in [5.74, 6) is -8.34. The van der Waals surface area contributed by atoms with E-state index in [0.717, 1.165) is 0 Å². The van der Waals surface area contributed by atoms with Crippen LogP contribution in [0, 0.1) is 67.7 Å². The number of rotatable bonds is 4. The Morgan fingerprint density at radius 2 is 1.31 bits per heavy atom. The number of aliphatic hydroxyl groups is 2. The van der Waals surface area contributed by atoms with Gasteiger partial charge in [-0.25, -0.2) is 0 Å². The molecule has 0 aliphatic carbocycles. The van der Waals surface area contributed by atoms with Crippen molar-refractivity contribution >= 4 is 23.9 Å². The third-order valence-electron chi connectivity index (χ3n) is 6.44. The smallest absolute Gasteiger partial charge is 0.320 e. The van der Waals surface area contributed by atoms with E-state index in [1.165, 1.54) is 0 Å². The quantitative estimate of drug-likeness (QED) is 0.174. The summed E-state index contributed by atoms with van der Waals surface area (Å²) < 4.78 is 52.5. The number of aliphatic carboxylic acids is 2. The van der Waals surface area contributed by atoms with Gasteiger partial charge in [-0.1, -0.05) is 0 Å². The normalized spacial score (nSPS) is 51.1. The summed E-state index contributed by atoms with van der Waals surface area (Å²) in [5, 5.41) is 37.6. The first-order valence-corrected chi connectivity index (χ1v) is 9.23. The second-order valence-corrected chi connectivity index (χ2v) is 7.83. The monoisotopic (exact) mass is 679 g/mol. The van der Waals surface area contributed by atoms with Gasteiger partial charge in [-0.3, -0.25) is 19.2 Å². The Kier molecular flexibility index (Phi) is 6.13. The maximum Gasteiger partial charge on any atom is 0.320 e. The van der Waals surface area contributed by atoms with Crippen molar-refractivity contribution in [2.45, 2.75) is 48.8 Å². The van der Waals surface area contributed by atoms with Crippen LogP contribution in [0.2, 0.25) is 0 Å². The SMILES string of the molecule is [2H]C([3H])O[C@H]1C(O)C2O[C@H]1C(C(=O)O)C2C(=O)O.[2H]C([3H])O[C@H]1C(O)C2O[C@H]1C1C(=O)OC(=O)C21.[Ac]. The molecule has 32 heavy (non-hydrogen) atoms. The van der Waals surface area contributed by atoms with Crippen molar-refractivity contribution in [1.29, 1.82) is 0 Å². The van der Waals surface area contributed by atoms with Crippen LogP contribution in [-0.2, 0) is 42.9 Å². The molecule has 0 amide bonds. The van der Waals surface area contributed by atoms with Gasteiger partial charge in [0, 0.05) is 58.2 Å². The van der Waals surface area contributed by atoms with E-state index in [1.54, 1.807) is 0 Å². The predicted molar refractivity (Wildman–Crippen MR) is 91.3 cm³/mol. The van der Waals surface area contributed by atoms with Crippen molar-refractivity contribution in [3.8, 4) is 0 Å². The van der Waals surface area contributed by atoms with E-state index in [4.69, 9.17) is 34.6 Å². The number of carbonyl (C=O) groups excluding carboxylic acids is 2. The van der Waals surface area contributed by atoms with Crippen molar-refractivity contribution < 1.29 is 113 Å². The molecule has 5 saturated heterocycles. The Morgan fingerprint density at radius 1 is 0.875 bits per heavy atom. The van der Waals surface area contributed by atoms with Gasteiger partial charge < -0.3 is 44.1 Å². The van der Waals surface area contributed by atoms with Gasteiger partial charge in [0.25, 0.3) is 0 Å². The molecule has 10 unspecified atom stereocenters. The number of methoxy groups -OCH3 is 2. The van der Waals surface area contributed by atoms with Crippen LogP contribution in [0.15, 0.2) is 0 Å². The van der Waals surface area contributed by atoms with E-state index in [1.807, 2.05) is 0 Å². The first kappa shape index (κ1) is 20.6. The van der Waals surface area contributed by atoms with Gasteiger partial charge in [-0.2, -0.15) is 0 Å². The third kappa shape index (κ3) is 3.73. The number of hydrogen-bond acceptors (Lipinski definition) is 11.